The molecule has 1 N–H and O–H groups in total. The summed E-state index contributed by atoms with van der Waals surface area (Å²) in [6, 6.07) is 12.8. The van der Waals surface area contributed by atoms with Gasteiger partial charge in [-0.05, 0) is 31.9 Å². The minimum absolute atomic E-state index is 0.0891. The summed E-state index contributed by atoms with van der Waals surface area (Å²) in [7, 11) is 0. The second-order valence-electron chi connectivity index (χ2n) is 4.92. The maximum absolute atomic E-state index is 12.5. The minimum Gasteiger partial charge on any atom is -0.410 e. The van der Waals surface area contributed by atoms with Gasteiger partial charge in [0.1, 0.15) is 0 Å². The molecule has 0 aliphatic carbocycles. The van der Waals surface area contributed by atoms with Crippen LogP contribution in [0.1, 0.15) is 32.6 Å². The third kappa shape index (κ3) is 2.62. The molecule has 0 saturated heterocycles. The number of hydrogen-bond acceptors (Lipinski definition) is 3. The molecule has 20 heavy (non-hydrogen) atoms. The molecule has 3 nitrogen and oxygen atoms in total. The van der Waals surface area contributed by atoms with Crippen LogP contribution in [0, 0.1) is 20.8 Å². The number of carbonyl (C=O) groups excluding carboxylic acids is 1. The quantitative estimate of drug-likeness (QED) is 0.399. The van der Waals surface area contributed by atoms with Gasteiger partial charge in [-0.3, -0.25) is 4.79 Å². The van der Waals surface area contributed by atoms with Crippen molar-refractivity contribution in [1.82, 2.24) is 0 Å². The van der Waals surface area contributed by atoms with Crippen LogP contribution in [0.25, 0.3) is 0 Å². The van der Waals surface area contributed by atoms with E-state index >= 15 is 0 Å². The van der Waals surface area contributed by atoms with Crippen molar-refractivity contribution in [3.8, 4) is 0 Å². The standard InChI is InChI=1S/C17H17NO2/c1-11-9-12(2)15(13(3)10-11)16(18-20)17(19)14-7-5-4-6-8-14/h4-10,20H,1-3H3/b18-16-. The second-order valence-corrected chi connectivity index (χ2v) is 4.92. The average molecular weight is 267 g/mol. The van der Waals surface area contributed by atoms with E-state index in [1.54, 1.807) is 24.3 Å². The molecule has 2 rings (SSSR count). The Morgan fingerprint density at radius 1 is 1.00 bits per heavy atom. The highest BCUT2D eigenvalue weighted by Crippen LogP contribution is 2.19. The molecule has 0 aliphatic heterocycles. The maximum atomic E-state index is 12.5. The van der Waals surface area contributed by atoms with Gasteiger partial charge in [0.05, 0.1) is 0 Å². The Morgan fingerprint density at radius 3 is 2.05 bits per heavy atom. The van der Waals surface area contributed by atoms with Crippen molar-refractivity contribution >= 4 is 11.5 Å². The lowest BCUT2D eigenvalue weighted by Crippen LogP contribution is -2.18. The van der Waals surface area contributed by atoms with E-state index in [0.29, 0.717) is 11.1 Å². The first-order chi connectivity index (χ1) is 9.54. The van der Waals surface area contributed by atoms with Gasteiger partial charge in [0, 0.05) is 11.1 Å². The summed E-state index contributed by atoms with van der Waals surface area (Å²) in [6.45, 7) is 5.83. The lowest BCUT2D eigenvalue weighted by atomic mass is 9.92. The van der Waals surface area contributed by atoms with E-state index in [1.165, 1.54) is 0 Å². The van der Waals surface area contributed by atoms with Crippen LogP contribution < -0.4 is 0 Å². The molecule has 0 heterocycles. The second kappa shape index (κ2) is 5.70. The van der Waals surface area contributed by atoms with Crippen LogP contribution in [0.5, 0.6) is 0 Å². The Labute approximate surface area is 118 Å². The van der Waals surface area contributed by atoms with E-state index in [9.17, 15) is 10.0 Å². The number of oxime groups is 1. The summed E-state index contributed by atoms with van der Waals surface area (Å²) in [4.78, 5) is 12.5. The number of hydrogen-bond donors (Lipinski definition) is 1. The van der Waals surface area contributed by atoms with Crippen molar-refractivity contribution in [2.75, 3.05) is 0 Å². The number of aryl methyl sites for hydroxylation is 3. The van der Waals surface area contributed by atoms with Gasteiger partial charge in [0.2, 0.25) is 5.78 Å². The zero-order valence-electron chi connectivity index (χ0n) is 11.8. The number of Topliss-reactive ketones (excluding diaryl/α,β-unsaturated/α-hetero) is 1. The number of benzene rings is 2. The minimum atomic E-state index is -0.275. The molecule has 0 saturated carbocycles. The first kappa shape index (κ1) is 14.0. The van der Waals surface area contributed by atoms with Gasteiger partial charge in [-0.25, -0.2) is 0 Å². The lowest BCUT2D eigenvalue weighted by Gasteiger charge is -2.12. The number of ketones is 1. The Balaban J connectivity index is 2.53. The Kier molecular flexibility index (Phi) is 3.99. The SMILES string of the molecule is Cc1cc(C)c(/C(=N/O)C(=O)c2ccccc2)c(C)c1. The topological polar surface area (TPSA) is 49.7 Å². The van der Waals surface area contributed by atoms with Crippen molar-refractivity contribution in [1.29, 1.82) is 0 Å². The molecule has 0 aromatic heterocycles. The average Bonchev–Trinajstić information content (AvgIpc) is 2.43. The Hall–Kier alpha value is -2.42. The molecular formula is C17H17NO2. The summed E-state index contributed by atoms with van der Waals surface area (Å²) in [5.74, 6) is -0.275. The highest BCUT2D eigenvalue weighted by molar-refractivity contribution is 6.51. The maximum Gasteiger partial charge on any atom is 0.215 e. The largest absolute Gasteiger partial charge is 0.410 e. The van der Waals surface area contributed by atoms with E-state index in [4.69, 9.17) is 0 Å². The molecule has 3 heteroatoms. The fraction of sp³-hybridized carbons (Fsp3) is 0.176. The third-order valence-electron chi connectivity index (χ3n) is 3.26. The van der Waals surface area contributed by atoms with Crippen molar-refractivity contribution in [3.63, 3.8) is 0 Å². The molecule has 0 atom stereocenters. The van der Waals surface area contributed by atoms with Gasteiger partial charge >= 0.3 is 0 Å². The van der Waals surface area contributed by atoms with Gasteiger partial charge < -0.3 is 5.21 Å². The zero-order chi connectivity index (χ0) is 14.7. The van der Waals surface area contributed by atoms with E-state index in [1.807, 2.05) is 39.0 Å². The summed E-state index contributed by atoms with van der Waals surface area (Å²) in [6.07, 6.45) is 0. The van der Waals surface area contributed by atoms with Gasteiger partial charge in [0.25, 0.3) is 0 Å². The molecule has 0 amide bonds. The molecule has 102 valence electrons. The fourth-order valence-electron chi connectivity index (χ4n) is 2.49. The first-order valence-corrected chi connectivity index (χ1v) is 6.44. The molecule has 0 spiro atoms. The molecule has 0 bridgehead atoms. The summed E-state index contributed by atoms with van der Waals surface area (Å²) >= 11 is 0. The molecule has 2 aromatic carbocycles. The number of nitrogens with zero attached hydrogens (tertiary/aromatic N) is 1. The smallest absolute Gasteiger partial charge is 0.215 e. The summed E-state index contributed by atoms with van der Waals surface area (Å²) < 4.78 is 0. The molecule has 0 fully saturated rings. The van der Waals surface area contributed by atoms with Crippen LogP contribution in [0.15, 0.2) is 47.6 Å². The molecule has 0 unspecified atom stereocenters. The van der Waals surface area contributed by atoms with Gasteiger partial charge in [-0.2, -0.15) is 0 Å². The first-order valence-electron chi connectivity index (χ1n) is 6.44. The van der Waals surface area contributed by atoms with Crippen molar-refractivity contribution in [3.05, 3.63) is 70.3 Å². The summed E-state index contributed by atoms with van der Waals surface area (Å²) in [5, 5.41) is 12.5. The van der Waals surface area contributed by atoms with E-state index in [0.717, 1.165) is 16.7 Å². The van der Waals surface area contributed by atoms with Crippen molar-refractivity contribution in [2.45, 2.75) is 20.8 Å². The molecule has 0 aliphatic rings. The van der Waals surface area contributed by atoms with E-state index < -0.39 is 0 Å². The van der Waals surface area contributed by atoms with Crippen molar-refractivity contribution in [2.24, 2.45) is 5.16 Å². The monoisotopic (exact) mass is 267 g/mol. The zero-order valence-corrected chi connectivity index (χ0v) is 11.8. The number of rotatable bonds is 3. The van der Waals surface area contributed by atoms with Crippen LogP contribution in [0.3, 0.4) is 0 Å². The van der Waals surface area contributed by atoms with Crippen LogP contribution in [0.4, 0.5) is 0 Å². The van der Waals surface area contributed by atoms with E-state index in [2.05, 4.69) is 5.16 Å². The lowest BCUT2D eigenvalue weighted by molar-refractivity contribution is 0.106. The normalized spacial score (nSPS) is 11.4. The predicted molar refractivity (Wildman–Crippen MR) is 79.7 cm³/mol. The van der Waals surface area contributed by atoms with Gasteiger partial charge in [0.15, 0.2) is 5.71 Å². The van der Waals surface area contributed by atoms with Crippen LogP contribution in [-0.2, 0) is 0 Å². The number of carbonyl (C=O) groups is 1. The predicted octanol–water partition coefficient (Wildman–Crippen LogP) is 3.67. The van der Waals surface area contributed by atoms with Crippen LogP contribution in [-0.4, -0.2) is 16.7 Å². The van der Waals surface area contributed by atoms with Gasteiger partial charge in [-0.15, -0.1) is 0 Å². The molecule has 2 aromatic rings. The fourth-order valence-corrected chi connectivity index (χ4v) is 2.49. The highest BCUT2D eigenvalue weighted by atomic mass is 16.4. The Morgan fingerprint density at radius 2 is 1.55 bits per heavy atom. The Bertz CT molecular complexity index is 650. The van der Waals surface area contributed by atoms with E-state index in [-0.39, 0.29) is 11.5 Å². The molecule has 0 radical (unpaired) electrons. The van der Waals surface area contributed by atoms with Crippen LogP contribution >= 0.6 is 0 Å². The third-order valence-corrected chi connectivity index (χ3v) is 3.26. The van der Waals surface area contributed by atoms with Crippen LogP contribution in [0.2, 0.25) is 0 Å². The highest BCUT2D eigenvalue weighted by Gasteiger charge is 2.20. The molecular weight excluding hydrogens is 250 g/mol. The van der Waals surface area contributed by atoms with Crippen molar-refractivity contribution < 1.29 is 10.0 Å². The summed E-state index contributed by atoms with van der Waals surface area (Å²) in [5.41, 5.74) is 4.28. The van der Waals surface area contributed by atoms with Gasteiger partial charge in [-0.1, -0.05) is 53.2 Å².